The minimum Gasteiger partial charge on any atom is -0.478 e. The van der Waals surface area contributed by atoms with Gasteiger partial charge in [-0.2, -0.15) is 0 Å². The first-order chi connectivity index (χ1) is 17.0. The van der Waals surface area contributed by atoms with Gasteiger partial charge in [-0.3, -0.25) is 0 Å². The smallest absolute Gasteiger partial charge is 0.410 e. The molecule has 7 nitrogen and oxygen atoms in total. The molecule has 0 bridgehead atoms. The van der Waals surface area contributed by atoms with Gasteiger partial charge < -0.3 is 19.8 Å². The fraction of sp³-hybridized carbons (Fsp3) is 0.321. The number of carbonyl (C=O) groups is 2. The van der Waals surface area contributed by atoms with Crippen molar-refractivity contribution in [3.05, 3.63) is 88.7 Å². The number of hydrogen-bond donors (Lipinski definition) is 2. The van der Waals surface area contributed by atoms with Crippen LogP contribution in [0, 0.1) is 0 Å². The second-order valence-electron chi connectivity index (χ2n) is 9.50. The number of nitrogens with zero attached hydrogens (tertiary/aromatic N) is 2. The first-order valence-corrected chi connectivity index (χ1v) is 12.1. The summed E-state index contributed by atoms with van der Waals surface area (Å²) in [5.41, 5.74) is 2.84. The Kier molecular flexibility index (Phi) is 9.07. The first-order valence-electron chi connectivity index (χ1n) is 11.7. The Morgan fingerprint density at radius 1 is 1.08 bits per heavy atom. The van der Waals surface area contributed by atoms with Gasteiger partial charge in [0.25, 0.3) is 0 Å². The van der Waals surface area contributed by atoms with E-state index in [1.165, 1.54) is 11.1 Å². The highest BCUT2D eigenvalue weighted by molar-refractivity contribution is 6.29. The Morgan fingerprint density at radius 2 is 1.81 bits per heavy atom. The predicted octanol–water partition coefficient (Wildman–Crippen LogP) is 6.00. The van der Waals surface area contributed by atoms with Crippen LogP contribution in [0.2, 0.25) is 5.15 Å². The molecular formula is C28H31ClN2O5. The summed E-state index contributed by atoms with van der Waals surface area (Å²) in [5.74, 6) is -0.995. The van der Waals surface area contributed by atoms with Crippen molar-refractivity contribution in [2.45, 2.75) is 45.3 Å². The van der Waals surface area contributed by atoms with Crippen molar-refractivity contribution in [2.24, 2.45) is 0 Å². The Hall–Kier alpha value is -3.42. The summed E-state index contributed by atoms with van der Waals surface area (Å²) in [6, 6.07) is 18.1. The van der Waals surface area contributed by atoms with Crippen molar-refractivity contribution >= 4 is 23.7 Å². The number of halogens is 1. The Balaban J connectivity index is 1.78. The molecule has 8 heteroatoms. The van der Waals surface area contributed by atoms with E-state index in [2.05, 4.69) is 4.98 Å². The number of aryl methyl sites for hydroxylation is 1. The lowest BCUT2D eigenvalue weighted by Gasteiger charge is -2.29. The number of amides is 1. The number of pyridine rings is 1. The van der Waals surface area contributed by atoms with Crippen LogP contribution in [-0.4, -0.2) is 50.9 Å². The van der Waals surface area contributed by atoms with Crippen LogP contribution in [0.1, 0.15) is 54.8 Å². The zero-order chi connectivity index (χ0) is 26.3. The molecule has 0 aliphatic rings. The van der Waals surface area contributed by atoms with Gasteiger partial charge in [0, 0.05) is 18.3 Å². The van der Waals surface area contributed by atoms with E-state index in [-0.39, 0.29) is 12.1 Å². The van der Waals surface area contributed by atoms with Gasteiger partial charge in [0.1, 0.15) is 10.8 Å². The molecule has 0 aliphatic heterocycles. The molecule has 0 saturated carbocycles. The van der Waals surface area contributed by atoms with Crippen LogP contribution >= 0.6 is 11.6 Å². The lowest BCUT2D eigenvalue weighted by Crippen LogP contribution is -2.40. The third kappa shape index (κ3) is 7.80. The molecule has 0 spiro atoms. The molecule has 2 N–H and O–H groups in total. The standard InChI is InChI=1S/C28H31ClN2O5/c1-28(2,3)36-27(35)31(18-24(32)22-12-14-25(29)30-17-22)15-7-10-20-16-21(26(33)34)11-13-23(20)19-8-5-4-6-9-19/h4-6,8-9,11-14,16-17,24,32H,7,10,15,18H2,1-3H3,(H,33,34)/t24-/m0/s1. The van der Waals surface area contributed by atoms with Crippen molar-refractivity contribution in [1.29, 1.82) is 0 Å². The number of aromatic carboxylic acids is 1. The average Bonchev–Trinajstić information content (AvgIpc) is 2.83. The second-order valence-corrected chi connectivity index (χ2v) is 9.89. The van der Waals surface area contributed by atoms with Crippen LogP contribution in [0.4, 0.5) is 4.79 Å². The van der Waals surface area contributed by atoms with E-state index in [9.17, 15) is 19.8 Å². The van der Waals surface area contributed by atoms with E-state index >= 15 is 0 Å². The van der Waals surface area contributed by atoms with Crippen molar-refractivity contribution < 1.29 is 24.5 Å². The van der Waals surface area contributed by atoms with Gasteiger partial charge in [-0.1, -0.05) is 54.1 Å². The third-order valence-electron chi connectivity index (χ3n) is 5.49. The highest BCUT2D eigenvalue weighted by Gasteiger charge is 2.25. The normalized spacial score (nSPS) is 12.1. The van der Waals surface area contributed by atoms with Gasteiger partial charge >= 0.3 is 12.1 Å². The molecule has 1 amide bonds. The summed E-state index contributed by atoms with van der Waals surface area (Å²) in [6.07, 6.45) is 1.03. The quantitative estimate of drug-likeness (QED) is 0.342. The van der Waals surface area contributed by atoms with E-state index in [1.807, 2.05) is 36.4 Å². The van der Waals surface area contributed by atoms with E-state index < -0.39 is 23.8 Å². The Bertz CT molecular complexity index is 1180. The zero-order valence-electron chi connectivity index (χ0n) is 20.6. The lowest BCUT2D eigenvalue weighted by molar-refractivity contribution is 0.0142. The van der Waals surface area contributed by atoms with Crippen LogP contribution in [0.25, 0.3) is 11.1 Å². The second kappa shape index (κ2) is 12.0. The highest BCUT2D eigenvalue weighted by atomic mass is 35.5. The summed E-state index contributed by atoms with van der Waals surface area (Å²) in [4.78, 5) is 30.0. The van der Waals surface area contributed by atoms with Gasteiger partial charge in [0.2, 0.25) is 0 Å². The van der Waals surface area contributed by atoms with Gasteiger partial charge in [-0.05, 0) is 68.5 Å². The van der Waals surface area contributed by atoms with Crippen molar-refractivity contribution in [3.63, 3.8) is 0 Å². The first kappa shape index (κ1) is 27.2. The minimum absolute atomic E-state index is 0.0128. The number of aliphatic hydroxyl groups is 1. The van der Waals surface area contributed by atoms with Crippen LogP contribution in [0.15, 0.2) is 66.9 Å². The molecule has 2 aromatic carbocycles. The number of hydrogen-bond acceptors (Lipinski definition) is 5. The Morgan fingerprint density at radius 3 is 2.42 bits per heavy atom. The molecule has 0 unspecified atom stereocenters. The maximum Gasteiger partial charge on any atom is 0.410 e. The molecule has 0 aliphatic carbocycles. The van der Waals surface area contributed by atoms with E-state index in [0.29, 0.717) is 30.1 Å². The average molecular weight is 511 g/mol. The number of rotatable bonds is 9. The number of benzene rings is 2. The topological polar surface area (TPSA) is 100.0 Å². The molecule has 36 heavy (non-hydrogen) atoms. The fourth-order valence-electron chi connectivity index (χ4n) is 3.78. The maximum absolute atomic E-state index is 12.9. The van der Waals surface area contributed by atoms with Gasteiger partial charge in [-0.25, -0.2) is 14.6 Å². The molecule has 3 rings (SSSR count). The van der Waals surface area contributed by atoms with Crippen LogP contribution < -0.4 is 0 Å². The summed E-state index contributed by atoms with van der Waals surface area (Å²) >= 11 is 5.85. The third-order valence-corrected chi connectivity index (χ3v) is 5.71. The number of aliphatic hydroxyl groups excluding tert-OH is 1. The van der Waals surface area contributed by atoms with Crippen molar-refractivity contribution in [1.82, 2.24) is 9.88 Å². The lowest BCUT2D eigenvalue weighted by atomic mass is 9.94. The molecule has 0 radical (unpaired) electrons. The molecular weight excluding hydrogens is 480 g/mol. The monoisotopic (exact) mass is 510 g/mol. The largest absolute Gasteiger partial charge is 0.478 e. The fourth-order valence-corrected chi connectivity index (χ4v) is 3.89. The van der Waals surface area contributed by atoms with Gasteiger partial charge in [0.15, 0.2) is 0 Å². The van der Waals surface area contributed by atoms with Crippen molar-refractivity contribution in [2.75, 3.05) is 13.1 Å². The number of aromatic nitrogens is 1. The molecule has 0 saturated heterocycles. The molecule has 1 aromatic heterocycles. The summed E-state index contributed by atoms with van der Waals surface area (Å²) in [5, 5.41) is 20.5. The molecule has 1 atom stereocenters. The summed E-state index contributed by atoms with van der Waals surface area (Å²) in [7, 11) is 0. The van der Waals surface area contributed by atoms with E-state index in [4.69, 9.17) is 16.3 Å². The maximum atomic E-state index is 12.9. The number of carbonyl (C=O) groups excluding carboxylic acids is 1. The van der Waals surface area contributed by atoms with Crippen LogP contribution in [-0.2, 0) is 11.2 Å². The van der Waals surface area contributed by atoms with Crippen molar-refractivity contribution in [3.8, 4) is 11.1 Å². The number of ether oxygens (including phenoxy) is 1. The van der Waals surface area contributed by atoms with E-state index in [0.717, 1.165) is 16.7 Å². The molecule has 0 fully saturated rings. The summed E-state index contributed by atoms with van der Waals surface area (Å²) in [6.45, 7) is 5.67. The van der Waals surface area contributed by atoms with Gasteiger partial charge in [-0.15, -0.1) is 0 Å². The van der Waals surface area contributed by atoms with E-state index in [1.54, 1.807) is 45.0 Å². The zero-order valence-corrected chi connectivity index (χ0v) is 21.4. The van der Waals surface area contributed by atoms with Crippen LogP contribution in [0.3, 0.4) is 0 Å². The van der Waals surface area contributed by atoms with Gasteiger partial charge in [0.05, 0.1) is 18.2 Å². The number of carboxylic acids is 1. The summed E-state index contributed by atoms with van der Waals surface area (Å²) < 4.78 is 5.56. The molecule has 3 aromatic rings. The predicted molar refractivity (Wildman–Crippen MR) is 139 cm³/mol. The SMILES string of the molecule is CC(C)(C)OC(=O)N(CCCc1cc(C(=O)O)ccc1-c1ccccc1)C[C@H](O)c1ccc(Cl)nc1. The highest BCUT2D eigenvalue weighted by Crippen LogP contribution is 2.26. The molecule has 1 heterocycles. The Labute approximate surface area is 216 Å². The van der Waals surface area contributed by atoms with Crippen LogP contribution in [0.5, 0.6) is 0 Å². The molecule has 190 valence electrons. The number of carboxylic acid groups (broad SMARTS) is 1. The minimum atomic E-state index is -0.995.